The van der Waals surface area contributed by atoms with Gasteiger partial charge in [0.2, 0.25) is 0 Å². The van der Waals surface area contributed by atoms with Crippen LogP contribution in [0.2, 0.25) is 0 Å². The first kappa shape index (κ1) is 24.3. The van der Waals surface area contributed by atoms with Crippen LogP contribution in [0.25, 0.3) is 34.4 Å². The second kappa shape index (κ2) is 11.1. The van der Waals surface area contributed by atoms with E-state index in [4.69, 9.17) is 4.74 Å². The third-order valence-electron chi connectivity index (χ3n) is 5.86. The van der Waals surface area contributed by atoms with Crippen molar-refractivity contribution in [3.63, 3.8) is 0 Å². The second-order valence-electron chi connectivity index (χ2n) is 8.50. The molecule has 0 aliphatic carbocycles. The quantitative estimate of drug-likeness (QED) is 0.184. The van der Waals surface area contributed by atoms with Gasteiger partial charge < -0.3 is 4.74 Å². The number of aryl methyl sites for hydroxylation is 1. The number of halogens is 3. The number of rotatable bonds is 8. The number of ether oxygens (including phenoxy) is 1. The van der Waals surface area contributed by atoms with Gasteiger partial charge in [-0.2, -0.15) is 0 Å². The summed E-state index contributed by atoms with van der Waals surface area (Å²) in [5, 5.41) is 0. The van der Waals surface area contributed by atoms with Crippen LogP contribution >= 0.6 is 0 Å². The van der Waals surface area contributed by atoms with Crippen LogP contribution in [0, 0.1) is 24.4 Å². The van der Waals surface area contributed by atoms with Crippen molar-refractivity contribution in [3.8, 4) is 28.0 Å². The molecule has 4 aromatic carbocycles. The van der Waals surface area contributed by atoms with Crippen molar-refractivity contribution < 1.29 is 17.9 Å². The van der Waals surface area contributed by atoms with E-state index in [1.54, 1.807) is 72.8 Å². The first-order valence-electron chi connectivity index (χ1n) is 11.7. The van der Waals surface area contributed by atoms with E-state index in [1.165, 1.54) is 6.07 Å². The van der Waals surface area contributed by atoms with Crippen molar-refractivity contribution in [1.29, 1.82) is 0 Å². The smallest absolute Gasteiger partial charge is 0.167 e. The molecule has 0 atom stereocenters. The molecule has 1 nitrogen and oxygen atoms in total. The number of hydrogen-bond acceptors (Lipinski definition) is 1. The van der Waals surface area contributed by atoms with Crippen molar-refractivity contribution in [2.45, 2.75) is 26.7 Å². The van der Waals surface area contributed by atoms with Crippen LogP contribution in [0.3, 0.4) is 0 Å². The summed E-state index contributed by atoms with van der Waals surface area (Å²) in [6, 6.07) is 22.3. The Labute approximate surface area is 204 Å². The average molecular weight is 473 g/mol. The van der Waals surface area contributed by atoms with Gasteiger partial charge in [0, 0.05) is 22.8 Å². The third-order valence-corrected chi connectivity index (χ3v) is 5.86. The fourth-order valence-electron chi connectivity index (χ4n) is 3.76. The van der Waals surface area contributed by atoms with Crippen LogP contribution < -0.4 is 4.74 Å². The SMILES string of the molecule is CCCCOc1ccc(/C=C/c2ccc(-c3ccc(-c4ccc(C)cc4)c(F)c3F)cc2)c(F)c1. The molecule has 0 amide bonds. The highest BCUT2D eigenvalue weighted by Crippen LogP contribution is 2.32. The summed E-state index contributed by atoms with van der Waals surface area (Å²) >= 11 is 0. The summed E-state index contributed by atoms with van der Waals surface area (Å²) in [5.41, 5.74) is 3.93. The van der Waals surface area contributed by atoms with Crippen molar-refractivity contribution in [1.82, 2.24) is 0 Å². The van der Waals surface area contributed by atoms with Crippen molar-refractivity contribution in [2.24, 2.45) is 0 Å². The minimum atomic E-state index is -0.880. The van der Waals surface area contributed by atoms with Gasteiger partial charge in [-0.25, -0.2) is 13.2 Å². The molecule has 0 saturated heterocycles. The van der Waals surface area contributed by atoms with Gasteiger partial charge in [-0.05, 0) is 42.2 Å². The lowest BCUT2D eigenvalue weighted by Crippen LogP contribution is -1.97. The van der Waals surface area contributed by atoms with Crippen LogP contribution in [0.5, 0.6) is 5.75 Å². The highest BCUT2D eigenvalue weighted by Gasteiger charge is 2.16. The molecule has 0 spiro atoms. The number of benzene rings is 4. The first-order chi connectivity index (χ1) is 17.0. The van der Waals surface area contributed by atoms with E-state index in [2.05, 4.69) is 6.92 Å². The molecule has 0 aliphatic rings. The molecule has 0 aliphatic heterocycles. The monoisotopic (exact) mass is 472 g/mol. The summed E-state index contributed by atoms with van der Waals surface area (Å²) in [6.45, 7) is 4.58. The molecule has 35 heavy (non-hydrogen) atoms. The van der Waals surface area contributed by atoms with Gasteiger partial charge in [0.15, 0.2) is 11.6 Å². The third kappa shape index (κ3) is 5.83. The fourth-order valence-corrected chi connectivity index (χ4v) is 3.76. The van der Waals surface area contributed by atoms with Crippen LogP contribution in [0.1, 0.15) is 36.5 Å². The summed E-state index contributed by atoms with van der Waals surface area (Å²) in [7, 11) is 0. The maximum absolute atomic E-state index is 14.9. The van der Waals surface area contributed by atoms with Gasteiger partial charge in [-0.1, -0.05) is 91.7 Å². The molecule has 0 radical (unpaired) electrons. The molecule has 4 aromatic rings. The van der Waals surface area contributed by atoms with E-state index >= 15 is 0 Å². The molecule has 0 saturated carbocycles. The zero-order chi connectivity index (χ0) is 24.8. The van der Waals surface area contributed by atoms with Gasteiger partial charge >= 0.3 is 0 Å². The van der Waals surface area contributed by atoms with E-state index in [9.17, 15) is 13.2 Å². The highest BCUT2D eigenvalue weighted by molar-refractivity contribution is 5.75. The molecule has 0 fully saturated rings. The molecular weight excluding hydrogens is 445 g/mol. The normalized spacial score (nSPS) is 11.2. The Morgan fingerprint density at radius 1 is 0.714 bits per heavy atom. The molecule has 0 unspecified atom stereocenters. The average Bonchev–Trinajstić information content (AvgIpc) is 2.86. The Morgan fingerprint density at radius 3 is 1.89 bits per heavy atom. The first-order valence-corrected chi connectivity index (χ1v) is 11.7. The van der Waals surface area contributed by atoms with E-state index in [1.807, 2.05) is 19.1 Å². The predicted molar refractivity (Wildman–Crippen MR) is 138 cm³/mol. The highest BCUT2D eigenvalue weighted by atomic mass is 19.2. The Kier molecular flexibility index (Phi) is 7.71. The van der Waals surface area contributed by atoms with Crippen molar-refractivity contribution in [2.75, 3.05) is 6.61 Å². The van der Waals surface area contributed by atoms with Crippen molar-refractivity contribution in [3.05, 3.63) is 113 Å². The Balaban J connectivity index is 1.50. The van der Waals surface area contributed by atoms with Gasteiger partial charge in [0.25, 0.3) is 0 Å². The molecule has 0 aromatic heterocycles. The van der Waals surface area contributed by atoms with Gasteiger partial charge in [-0.3, -0.25) is 0 Å². The number of hydrogen-bond donors (Lipinski definition) is 0. The van der Waals surface area contributed by atoms with E-state index in [0.29, 0.717) is 29.0 Å². The van der Waals surface area contributed by atoms with Gasteiger partial charge in [0.1, 0.15) is 11.6 Å². The van der Waals surface area contributed by atoms with Crippen LogP contribution in [-0.4, -0.2) is 6.61 Å². The summed E-state index contributed by atoms with van der Waals surface area (Å²) in [6.07, 6.45) is 5.39. The van der Waals surface area contributed by atoms with Gasteiger partial charge in [0.05, 0.1) is 6.61 Å². The molecule has 0 heterocycles. The molecule has 0 bridgehead atoms. The minimum Gasteiger partial charge on any atom is -0.493 e. The zero-order valence-electron chi connectivity index (χ0n) is 19.8. The summed E-state index contributed by atoms with van der Waals surface area (Å²) in [5.74, 6) is -1.60. The van der Waals surface area contributed by atoms with E-state index < -0.39 is 11.6 Å². The lowest BCUT2D eigenvalue weighted by molar-refractivity contribution is 0.308. The molecule has 4 heteroatoms. The summed E-state index contributed by atoms with van der Waals surface area (Å²) in [4.78, 5) is 0. The largest absolute Gasteiger partial charge is 0.493 e. The van der Waals surface area contributed by atoms with Crippen LogP contribution in [0.4, 0.5) is 13.2 Å². The maximum atomic E-state index is 14.9. The Hall–Kier alpha value is -3.79. The Morgan fingerprint density at radius 2 is 1.31 bits per heavy atom. The van der Waals surface area contributed by atoms with E-state index in [-0.39, 0.29) is 16.9 Å². The van der Waals surface area contributed by atoms with Crippen molar-refractivity contribution >= 4 is 12.2 Å². The fraction of sp³-hybridized carbons (Fsp3) is 0.161. The minimum absolute atomic E-state index is 0.193. The number of unbranched alkanes of at least 4 members (excludes halogenated alkanes) is 1. The van der Waals surface area contributed by atoms with Gasteiger partial charge in [-0.15, -0.1) is 0 Å². The molecule has 4 rings (SSSR count). The molecule has 0 N–H and O–H groups in total. The lowest BCUT2D eigenvalue weighted by atomic mass is 9.97. The molecule has 178 valence electrons. The second-order valence-corrected chi connectivity index (χ2v) is 8.50. The standard InChI is InChI=1S/C31H27F3O/c1-3-4-19-35-26-16-15-25(29(32)20-26)14-9-22-7-12-24(13-8-22)28-18-17-27(30(33)31(28)34)23-10-5-21(2)6-11-23/h5-18,20H,3-4,19H2,1-2H3/b14-9+. The topological polar surface area (TPSA) is 9.23 Å². The lowest BCUT2D eigenvalue weighted by Gasteiger charge is -2.10. The maximum Gasteiger partial charge on any atom is 0.167 e. The summed E-state index contributed by atoms with van der Waals surface area (Å²) < 4.78 is 49.7. The predicted octanol–water partition coefficient (Wildman–Crippen LogP) is 9.10. The van der Waals surface area contributed by atoms with Crippen LogP contribution in [0.15, 0.2) is 78.9 Å². The zero-order valence-corrected chi connectivity index (χ0v) is 19.8. The Bertz CT molecular complexity index is 1320. The molecular formula is C31H27F3O. The van der Waals surface area contributed by atoms with Crippen LogP contribution in [-0.2, 0) is 0 Å². The van der Waals surface area contributed by atoms with E-state index in [0.717, 1.165) is 24.0 Å².